The van der Waals surface area contributed by atoms with Crippen LogP contribution in [0.5, 0.6) is 0 Å². The molecule has 0 aliphatic carbocycles. The molecule has 0 amide bonds. The zero-order valence-corrected chi connectivity index (χ0v) is 15.8. The molecule has 7 heteroatoms. The van der Waals surface area contributed by atoms with Gasteiger partial charge < -0.3 is 10.6 Å². The molecule has 0 aliphatic rings. The van der Waals surface area contributed by atoms with Gasteiger partial charge in [-0.15, -0.1) is 0 Å². The van der Waals surface area contributed by atoms with Gasteiger partial charge in [0.15, 0.2) is 15.8 Å². The van der Waals surface area contributed by atoms with Crippen LogP contribution in [0, 0.1) is 13.8 Å². The fourth-order valence-corrected chi connectivity index (χ4v) is 3.48. The normalized spacial score (nSPS) is 12.1. The van der Waals surface area contributed by atoms with Crippen LogP contribution in [0.2, 0.25) is 0 Å². The number of hydrogen-bond acceptors (Lipinski definition) is 4. The molecule has 0 unspecified atom stereocenters. The third-order valence-corrected chi connectivity index (χ3v) is 4.96. The Morgan fingerprint density at radius 2 is 1.84 bits per heavy atom. The van der Waals surface area contributed by atoms with E-state index in [1.165, 1.54) is 6.26 Å². The van der Waals surface area contributed by atoms with Crippen LogP contribution in [-0.2, 0) is 22.9 Å². The molecular weight excluding hydrogens is 336 g/mol. The summed E-state index contributed by atoms with van der Waals surface area (Å²) in [6.07, 6.45) is 1.22. The van der Waals surface area contributed by atoms with Crippen LogP contribution in [-0.4, -0.2) is 32.7 Å². The number of nitrogens with one attached hydrogen (secondary N) is 2. The van der Waals surface area contributed by atoms with Gasteiger partial charge in [0.05, 0.1) is 17.1 Å². The number of sulfone groups is 1. The van der Waals surface area contributed by atoms with Gasteiger partial charge in [-0.05, 0) is 43.2 Å². The van der Waals surface area contributed by atoms with E-state index in [9.17, 15) is 8.42 Å². The van der Waals surface area contributed by atoms with Gasteiger partial charge in [0.2, 0.25) is 0 Å². The van der Waals surface area contributed by atoms with Crippen molar-refractivity contribution in [2.75, 3.05) is 13.3 Å². The summed E-state index contributed by atoms with van der Waals surface area (Å²) < 4.78 is 23.3. The molecule has 2 aromatic rings. The highest BCUT2D eigenvalue weighted by atomic mass is 32.2. The molecule has 0 fully saturated rings. The molecule has 0 saturated carbocycles. The van der Waals surface area contributed by atoms with Crippen molar-refractivity contribution in [1.82, 2.24) is 15.6 Å². The monoisotopic (exact) mass is 360 g/mol. The Hall–Kier alpha value is -2.41. The Kier molecular flexibility index (Phi) is 6.14. The molecule has 0 atom stereocenters. The molecule has 1 aromatic carbocycles. The quantitative estimate of drug-likeness (QED) is 0.629. The smallest absolute Gasteiger partial charge is 0.191 e. The first-order chi connectivity index (χ1) is 11.8. The van der Waals surface area contributed by atoms with Gasteiger partial charge in [0.25, 0.3) is 0 Å². The number of benzene rings is 1. The van der Waals surface area contributed by atoms with Crippen LogP contribution >= 0.6 is 0 Å². The average Bonchev–Trinajstić information content (AvgIpc) is 2.54. The Balaban J connectivity index is 1.96. The highest BCUT2D eigenvalue weighted by Gasteiger charge is 2.11. The summed E-state index contributed by atoms with van der Waals surface area (Å²) in [5.74, 6) is 0.660. The largest absolute Gasteiger partial charge is 0.352 e. The highest BCUT2D eigenvalue weighted by Crippen LogP contribution is 2.16. The SMILES string of the molecule is CN=C(NCc1ccc(S(C)(=O)=O)c(C)c1)NCc1cccc(C)n1. The summed E-state index contributed by atoms with van der Waals surface area (Å²) in [4.78, 5) is 9.00. The van der Waals surface area contributed by atoms with Crippen molar-refractivity contribution >= 4 is 15.8 Å². The zero-order valence-electron chi connectivity index (χ0n) is 15.0. The molecule has 0 radical (unpaired) electrons. The van der Waals surface area contributed by atoms with Gasteiger partial charge in [-0.25, -0.2) is 8.42 Å². The number of aryl methyl sites for hydroxylation is 2. The maximum atomic E-state index is 11.7. The Morgan fingerprint density at radius 3 is 2.44 bits per heavy atom. The molecule has 2 rings (SSSR count). The van der Waals surface area contributed by atoms with Crippen molar-refractivity contribution in [2.24, 2.45) is 4.99 Å². The number of nitrogens with zero attached hydrogens (tertiary/aromatic N) is 2. The number of rotatable bonds is 5. The van der Waals surface area contributed by atoms with E-state index in [1.807, 2.05) is 37.3 Å². The van der Waals surface area contributed by atoms with Gasteiger partial charge in [0, 0.05) is 25.5 Å². The second kappa shape index (κ2) is 8.11. The Labute approximate surface area is 149 Å². The minimum atomic E-state index is -3.19. The van der Waals surface area contributed by atoms with Gasteiger partial charge in [-0.2, -0.15) is 0 Å². The second-order valence-corrected chi connectivity index (χ2v) is 7.91. The summed E-state index contributed by atoms with van der Waals surface area (Å²) in [5, 5.41) is 6.43. The fourth-order valence-electron chi connectivity index (χ4n) is 2.52. The van der Waals surface area contributed by atoms with E-state index in [0.717, 1.165) is 22.5 Å². The predicted octanol–water partition coefficient (Wildman–Crippen LogP) is 1.97. The van der Waals surface area contributed by atoms with Crippen LogP contribution in [0.3, 0.4) is 0 Å². The third-order valence-electron chi connectivity index (χ3n) is 3.71. The third kappa shape index (κ3) is 5.56. The first-order valence-corrected chi connectivity index (χ1v) is 9.85. The first-order valence-electron chi connectivity index (χ1n) is 7.96. The first kappa shape index (κ1) is 18.9. The summed E-state index contributed by atoms with van der Waals surface area (Å²) in [5.41, 5.74) is 3.65. The van der Waals surface area contributed by atoms with E-state index in [2.05, 4.69) is 20.6 Å². The fraction of sp³-hybridized carbons (Fsp3) is 0.333. The molecule has 6 nitrogen and oxygen atoms in total. The van der Waals surface area contributed by atoms with Gasteiger partial charge in [-0.3, -0.25) is 9.98 Å². The summed E-state index contributed by atoms with van der Waals surface area (Å²) in [6, 6.07) is 11.2. The number of pyridine rings is 1. The molecule has 25 heavy (non-hydrogen) atoms. The van der Waals surface area contributed by atoms with Crippen LogP contribution in [0.25, 0.3) is 0 Å². The van der Waals surface area contributed by atoms with E-state index >= 15 is 0 Å². The molecule has 134 valence electrons. The van der Waals surface area contributed by atoms with E-state index in [4.69, 9.17) is 0 Å². The molecule has 1 aromatic heterocycles. The van der Waals surface area contributed by atoms with Gasteiger partial charge in [-0.1, -0.05) is 18.2 Å². The molecule has 0 aliphatic heterocycles. The van der Waals surface area contributed by atoms with Crippen molar-refractivity contribution in [3.05, 3.63) is 58.9 Å². The summed E-state index contributed by atoms with van der Waals surface area (Å²) in [7, 11) is -1.49. The lowest BCUT2D eigenvalue weighted by Gasteiger charge is -2.13. The van der Waals surface area contributed by atoms with Crippen LogP contribution < -0.4 is 10.6 Å². The van der Waals surface area contributed by atoms with Crippen molar-refractivity contribution < 1.29 is 8.42 Å². The lowest BCUT2D eigenvalue weighted by molar-refractivity contribution is 0.601. The van der Waals surface area contributed by atoms with Gasteiger partial charge >= 0.3 is 0 Å². The number of guanidine groups is 1. The number of hydrogen-bond donors (Lipinski definition) is 2. The van der Waals surface area contributed by atoms with Crippen molar-refractivity contribution in [3.63, 3.8) is 0 Å². The molecule has 0 spiro atoms. The number of aromatic nitrogens is 1. The zero-order chi connectivity index (χ0) is 18.4. The topological polar surface area (TPSA) is 83.5 Å². The molecule has 1 heterocycles. The minimum absolute atomic E-state index is 0.365. The van der Waals surface area contributed by atoms with Gasteiger partial charge in [0.1, 0.15) is 0 Å². The molecule has 0 bridgehead atoms. The average molecular weight is 360 g/mol. The minimum Gasteiger partial charge on any atom is -0.352 e. The molecule has 2 N–H and O–H groups in total. The van der Waals surface area contributed by atoms with E-state index in [-0.39, 0.29) is 0 Å². The highest BCUT2D eigenvalue weighted by molar-refractivity contribution is 7.90. The lowest BCUT2D eigenvalue weighted by atomic mass is 10.1. The standard InChI is InChI=1S/C18H24N4O2S/c1-13-10-15(8-9-17(13)25(4,23)24)11-20-18(19-3)21-12-16-7-5-6-14(2)22-16/h5-10H,11-12H2,1-4H3,(H2,19,20,21). The van der Waals surface area contributed by atoms with Crippen LogP contribution in [0.4, 0.5) is 0 Å². The second-order valence-electron chi connectivity index (χ2n) is 5.92. The van der Waals surface area contributed by atoms with Crippen molar-refractivity contribution in [3.8, 4) is 0 Å². The lowest BCUT2D eigenvalue weighted by Crippen LogP contribution is -2.36. The molecular formula is C18H24N4O2S. The van der Waals surface area contributed by atoms with E-state index in [1.54, 1.807) is 20.0 Å². The number of aliphatic imine (C=N–C) groups is 1. The predicted molar refractivity (Wildman–Crippen MR) is 100 cm³/mol. The van der Waals surface area contributed by atoms with E-state index < -0.39 is 9.84 Å². The summed E-state index contributed by atoms with van der Waals surface area (Å²) >= 11 is 0. The van der Waals surface area contributed by atoms with Crippen LogP contribution in [0.1, 0.15) is 22.5 Å². The molecule has 0 saturated heterocycles. The van der Waals surface area contributed by atoms with Crippen molar-refractivity contribution in [1.29, 1.82) is 0 Å². The van der Waals surface area contributed by atoms with Crippen molar-refractivity contribution in [2.45, 2.75) is 31.8 Å². The Morgan fingerprint density at radius 1 is 1.12 bits per heavy atom. The van der Waals surface area contributed by atoms with E-state index in [0.29, 0.717) is 23.9 Å². The summed E-state index contributed by atoms with van der Waals surface area (Å²) in [6.45, 7) is 4.88. The maximum Gasteiger partial charge on any atom is 0.191 e. The maximum absolute atomic E-state index is 11.7. The Bertz CT molecular complexity index is 876. The van der Waals surface area contributed by atoms with Crippen LogP contribution in [0.15, 0.2) is 46.3 Å².